The Morgan fingerprint density at radius 2 is 1.80 bits per heavy atom. The standard InChI is InChI=1S/C27H26BrN3O4/c1-18-4-5-19(2)26(12-18)34-16-21-13-20(6-11-25(21)33-3)27(32)30-23-14-29-31(15-23)17-35-24-9-7-22(28)8-10-24/h4-15H,16-17H2,1-3H3,(H,30,32). The lowest BCUT2D eigenvalue weighted by Crippen LogP contribution is -2.12. The summed E-state index contributed by atoms with van der Waals surface area (Å²) in [5.41, 5.74) is 4.00. The van der Waals surface area contributed by atoms with Crippen molar-refractivity contribution in [1.82, 2.24) is 9.78 Å². The van der Waals surface area contributed by atoms with Crippen LogP contribution >= 0.6 is 15.9 Å². The van der Waals surface area contributed by atoms with Gasteiger partial charge in [0, 0.05) is 15.6 Å². The summed E-state index contributed by atoms with van der Waals surface area (Å²) in [5.74, 6) is 1.93. The molecule has 0 atom stereocenters. The number of nitrogens with zero attached hydrogens (tertiary/aromatic N) is 2. The van der Waals surface area contributed by atoms with Gasteiger partial charge in [-0.15, -0.1) is 0 Å². The van der Waals surface area contributed by atoms with E-state index in [1.165, 1.54) is 0 Å². The van der Waals surface area contributed by atoms with Gasteiger partial charge in [-0.1, -0.05) is 28.1 Å². The SMILES string of the molecule is COc1ccc(C(=O)Nc2cnn(COc3ccc(Br)cc3)c2)cc1COc1cc(C)ccc1C. The molecule has 180 valence electrons. The van der Waals surface area contributed by atoms with Gasteiger partial charge in [0.25, 0.3) is 5.91 Å². The van der Waals surface area contributed by atoms with Crippen LogP contribution in [0, 0.1) is 13.8 Å². The minimum Gasteiger partial charge on any atom is -0.496 e. The molecule has 0 unspecified atom stereocenters. The number of aryl methyl sites for hydroxylation is 2. The number of aromatic nitrogens is 2. The van der Waals surface area contributed by atoms with Crippen molar-refractivity contribution in [3.8, 4) is 17.2 Å². The van der Waals surface area contributed by atoms with Gasteiger partial charge in [-0.2, -0.15) is 5.10 Å². The van der Waals surface area contributed by atoms with Gasteiger partial charge in [0.15, 0.2) is 6.73 Å². The Hall–Kier alpha value is -3.78. The highest BCUT2D eigenvalue weighted by Gasteiger charge is 2.13. The molecule has 0 aliphatic carbocycles. The van der Waals surface area contributed by atoms with Crippen LogP contribution in [0.15, 0.2) is 77.5 Å². The summed E-state index contributed by atoms with van der Waals surface area (Å²) < 4.78 is 19.8. The average Bonchev–Trinajstić information content (AvgIpc) is 3.31. The number of hydrogen-bond acceptors (Lipinski definition) is 5. The average molecular weight is 536 g/mol. The first-order valence-electron chi connectivity index (χ1n) is 11.0. The number of ether oxygens (including phenoxy) is 3. The maximum absolute atomic E-state index is 12.9. The summed E-state index contributed by atoms with van der Waals surface area (Å²) in [6.45, 7) is 4.52. The zero-order chi connectivity index (χ0) is 24.8. The summed E-state index contributed by atoms with van der Waals surface area (Å²) in [4.78, 5) is 12.9. The first kappa shape index (κ1) is 24.3. The smallest absolute Gasteiger partial charge is 0.255 e. The lowest BCUT2D eigenvalue weighted by Gasteiger charge is -2.14. The summed E-state index contributed by atoms with van der Waals surface area (Å²) in [5, 5.41) is 7.12. The highest BCUT2D eigenvalue weighted by Crippen LogP contribution is 2.25. The van der Waals surface area contributed by atoms with Gasteiger partial charge in [0.1, 0.15) is 23.9 Å². The Labute approximate surface area is 212 Å². The Balaban J connectivity index is 1.40. The minimum absolute atomic E-state index is 0.222. The molecule has 8 heteroatoms. The Kier molecular flexibility index (Phi) is 7.72. The van der Waals surface area contributed by atoms with Gasteiger partial charge in [-0.05, 0) is 73.5 Å². The van der Waals surface area contributed by atoms with E-state index >= 15 is 0 Å². The molecule has 0 saturated heterocycles. The summed E-state index contributed by atoms with van der Waals surface area (Å²) in [6, 6.07) is 18.9. The van der Waals surface area contributed by atoms with Gasteiger partial charge in [-0.25, -0.2) is 4.68 Å². The van der Waals surface area contributed by atoms with E-state index in [4.69, 9.17) is 14.2 Å². The van der Waals surface area contributed by atoms with Gasteiger partial charge >= 0.3 is 0 Å². The van der Waals surface area contributed by atoms with Crippen LogP contribution in [-0.4, -0.2) is 22.8 Å². The highest BCUT2D eigenvalue weighted by atomic mass is 79.9. The Bertz CT molecular complexity index is 1320. The van der Waals surface area contributed by atoms with Crippen molar-refractivity contribution in [3.63, 3.8) is 0 Å². The molecule has 0 radical (unpaired) electrons. The third-order valence-corrected chi connectivity index (χ3v) is 5.87. The molecule has 0 spiro atoms. The molecule has 0 bridgehead atoms. The van der Waals surface area contributed by atoms with Crippen LogP contribution in [0.3, 0.4) is 0 Å². The molecule has 1 aromatic heterocycles. The number of hydrogen-bond donors (Lipinski definition) is 1. The number of anilines is 1. The zero-order valence-electron chi connectivity index (χ0n) is 19.7. The summed E-state index contributed by atoms with van der Waals surface area (Å²) >= 11 is 3.40. The maximum Gasteiger partial charge on any atom is 0.255 e. The predicted octanol–water partition coefficient (Wildman–Crippen LogP) is 6.14. The van der Waals surface area contributed by atoms with E-state index in [2.05, 4.69) is 26.3 Å². The maximum atomic E-state index is 12.9. The monoisotopic (exact) mass is 535 g/mol. The fraction of sp³-hybridized carbons (Fsp3) is 0.185. The molecule has 1 heterocycles. The largest absolute Gasteiger partial charge is 0.496 e. The van der Waals surface area contributed by atoms with Crippen LogP contribution in [-0.2, 0) is 13.3 Å². The van der Waals surface area contributed by atoms with Crippen molar-refractivity contribution in [3.05, 3.63) is 99.8 Å². The number of benzene rings is 3. The topological polar surface area (TPSA) is 74.6 Å². The van der Waals surface area contributed by atoms with Gasteiger partial charge in [0.2, 0.25) is 0 Å². The number of carbonyl (C=O) groups is 1. The number of halogens is 1. The van der Waals surface area contributed by atoms with Crippen LogP contribution in [0.5, 0.6) is 17.2 Å². The number of nitrogens with one attached hydrogen (secondary N) is 1. The van der Waals surface area contributed by atoms with Crippen LogP contribution in [0.4, 0.5) is 5.69 Å². The molecule has 0 aliphatic rings. The van der Waals surface area contributed by atoms with E-state index in [9.17, 15) is 4.79 Å². The molecule has 0 saturated carbocycles. The number of methoxy groups -OCH3 is 1. The molecule has 3 aromatic carbocycles. The third-order valence-electron chi connectivity index (χ3n) is 5.34. The normalized spacial score (nSPS) is 10.6. The van der Waals surface area contributed by atoms with E-state index in [1.54, 1.807) is 42.4 Å². The number of amides is 1. The first-order chi connectivity index (χ1) is 16.9. The van der Waals surface area contributed by atoms with Crippen molar-refractivity contribution in [2.75, 3.05) is 12.4 Å². The first-order valence-corrected chi connectivity index (χ1v) is 11.8. The molecule has 35 heavy (non-hydrogen) atoms. The van der Waals surface area contributed by atoms with Gasteiger partial charge in [-0.3, -0.25) is 4.79 Å². The summed E-state index contributed by atoms with van der Waals surface area (Å²) in [6.07, 6.45) is 3.29. The van der Waals surface area contributed by atoms with Crippen molar-refractivity contribution in [2.45, 2.75) is 27.2 Å². The van der Waals surface area contributed by atoms with E-state index < -0.39 is 0 Å². The van der Waals surface area contributed by atoms with Gasteiger partial charge < -0.3 is 19.5 Å². The van der Waals surface area contributed by atoms with Crippen molar-refractivity contribution < 1.29 is 19.0 Å². The molecule has 1 amide bonds. The molecule has 0 fully saturated rings. The minimum atomic E-state index is -0.256. The second-order valence-electron chi connectivity index (χ2n) is 8.03. The molecule has 0 aliphatic heterocycles. The van der Waals surface area contributed by atoms with Crippen LogP contribution < -0.4 is 19.5 Å². The van der Waals surface area contributed by atoms with E-state index in [0.29, 0.717) is 17.0 Å². The number of carbonyl (C=O) groups excluding carboxylic acids is 1. The van der Waals surface area contributed by atoms with Crippen molar-refractivity contribution in [1.29, 1.82) is 0 Å². The molecule has 4 aromatic rings. The van der Waals surface area contributed by atoms with E-state index in [-0.39, 0.29) is 19.2 Å². The van der Waals surface area contributed by atoms with Crippen LogP contribution in [0.2, 0.25) is 0 Å². The van der Waals surface area contributed by atoms with Gasteiger partial charge in [0.05, 0.1) is 25.2 Å². The lowest BCUT2D eigenvalue weighted by atomic mass is 10.1. The molecular weight excluding hydrogens is 510 g/mol. The molecule has 7 nitrogen and oxygen atoms in total. The highest BCUT2D eigenvalue weighted by molar-refractivity contribution is 9.10. The van der Waals surface area contributed by atoms with Crippen LogP contribution in [0.25, 0.3) is 0 Å². The van der Waals surface area contributed by atoms with Crippen molar-refractivity contribution >= 4 is 27.5 Å². The van der Waals surface area contributed by atoms with E-state index in [1.807, 2.05) is 56.3 Å². The third kappa shape index (κ3) is 6.42. The zero-order valence-corrected chi connectivity index (χ0v) is 21.3. The van der Waals surface area contributed by atoms with E-state index in [0.717, 1.165) is 32.7 Å². The fourth-order valence-corrected chi connectivity index (χ4v) is 3.69. The lowest BCUT2D eigenvalue weighted by molar-refractivity contribution is 0.102. The summed E-state index contributed by atoms with van der Waals surface area (Å²) in [7, 11) is 1.60. The second-order valence-corrected chi connectivity index (χ2v) is 8.95. The molecule has 4 rings (SSSR count). The van der Waals surface area contributed by atoms with Crippen LogP contribution in [0.1, 0.15) is 27.0 Å². The second kappa shape index (κ2) is 11.1. The predicted molar refractivity (Wildman–Crippen MR) is 138 cm³/mol. The Morgan fingerprint density at radius 1 is 1.00 bits per heavy atom. The fourth-order valence-electron chi connectivity index (χ4n) is 3.42. The quantitative estimate of drug-likeness (QED) is 0.278. The molecule has 1 N–H and O–H groups in total. The number of rotatable bonds is 9. The Morgan fingerprint density at radius 3 is 2.57 bits per heavy atom. The van der Waals surface area contributed by atoms with Crippen molar-refractivity contribution in [2.24, 2.45) is 0 Å². The molecular formula is C27H26BrN3O4.